The summed E-state index contributed by atoms with van der Waals surface area (Å²) in [5.41, 5.74) is -3.77. The zero-order valence-electron chi connectivity index (χ0n) is 13.0. The molecule has 0 atom stereocenters. The molecule has 2 aromatic rings. The Balaban J connectivity index is 1.74. The van der Waals surface area contributed by atoms with Crippen LogP contribution in [0.4, 0.5) is 28.0 Å². The van der Waals surface area contributed by atoms with Gasteiger partial charge < -0.3 is 4.90 Å². The van der Waals surface area contributed by atoms with Gasteiger partial charge in [-0.15, -0.1) is 0 Å². The molecule has 3 rings (SSSR count). The standard InChI is InChI=1S/C16H11F4N3O2S/c17-13-7-10(5-6-21-13)8-22-9-14(24)23(15(22)25)11-1-3-12(4-2-11)26-16(18,19)20/h1-7H,8-9H2. The minimum absolute atomic E-state index is 0.0164. The first-order chi connectivity index (χ1) is 12.2. The number of halogens is 4. The van der Waals surface area contributed by atoms with Crippen LogP contribution in [0.5, 0.6) is 0 Å². The lowest BCUT2D eigenvalue weighted by Crippen LogP contribution is -2.32. The highest BCUT2D eigenvalue weighted by atomic mass is 32.2. The second kappa shape index (κ2) is 6.94. The monoisotopic (exact) mass is 385 g/mol. The molecule has 26 heavy (non-hydrogen) atoms. The van der Waals surface area contributed by atoms with Crippen molar-refractivity contribution < 1.29 is 27.2 Å². The van der Waals surface area contributed by atoms with Crippen molar-refractivity contribution in [2.24, 2.45) is 0 Å². The fourth-order valence-electron chi connectivity index (χ4n) is 2.49. The van der Waals surface area contributed by atoms with E-state index < -0.39 is 23.4 Å². The first kappa shape index (κ1) is 18.2. The van der Waals surface area contributed by atoms with E-state index in [1.807, 2.05) is 0 Å². The van der Waals surface area contributed by atoms with Gasteiger partial charge in [0, 0.05) is 17.6 Å². The predicted molar refractivity (Wildman–Crippen MR) is 85.8 cm³/mol. The Hall–Kier alpha value is -2.62. The molecule has 1 aromatic heterocycles. The van der Waals surface area contributed by atoms with Crippen LogP contribution in [0.2, 0.25) is 0 Å². The van der Waals surface area contributed by atoms with Crippen LogP contribution >= 0.6 is 11.8 Å². The fourth-order valence-corrected chi connectivity index (χ4v) is 3.03. The lowest BCUT2D eigenvalue weighted by Gasteiger charge is -2.17. The van der Waals surface area contributed by atoms with Crippen LogP contribution in [0.3, 0.4) is 0 Å². The van der Waals surface area contributed by atoms with E-state index in [0.29, 0.717) is 5.56 Å². The molecule has 1 aromatic carbocycles. The second-order valence-corrected chi connectivity index (χ2v) is 6.53. The molecule has 3 amide bonds. The van der Waals surface area contributed by atoms with Crippen molar-refractivity contribution in [2.75, 3.05) is 11.4 Å². The Morgan fingerprint density at radius 1 is 1.12 bits per heavy atom. The van der Waals surface area contributed by atoms with Crippen molar-refractivity contribution in [3.05, 3.63) is 54.1 Å². The summed E-state index contributed by atoms with van der Waals surface area (Å²) >= 11 is -0.283. The van der Waals surface area contributed by atoms with Crippen LogP contribution in [-0.2, 0) is 11.3 Å². The molecule has 2 heterocycles. The largest absolute Gasteiger partial charge is 0.446 e. The lowest BCUT2D eigenvalue weighted by molar-refractivity contribution is -0.116. The van der Waals surface area contributed by atoms with E-state index in [9.17, 15) is 27.2 Å². The molecule has 1 fully saturated rings. The number of carbonyl (C=O) groups excluding carboxylic acids is 2. The third kappa shape index (κ3) is 4.13. The average molecular weight is 385 g/mol. The Labute approximate surface area is 149 Å². The third-order valence-electron chi connectivity index (χ3n) is 3.53. The molecule has 10 heteroatoms. The summed E-state index contributed by atoms with van der Waals surface area (Å²) in [5.74, 6) is -1.21. The lowest BCUT2D eigenvalue weighted by atomic mass is 10.2. The summed E-state index contributed by atoms with van der Waals surface area (Å²) in [5, 5.41) is 0. The second-order valence-electron chi connectivity index (χ2n) is 5.40. The third-order valence-corrected chi connectivity index (χ3v) is 4.27. The molecule has 5 nitrogen and oxygen atoms in total. The molecule has 0 saturated carbocycles. The first-order valence-electron chi connectivity index (χ1n) is 7.31. The summed E-state index contributed by atoms with van der Waals surface area (Å²) in [6.45, 7) is -0.190. The summed E-state index contributed by atoms with van der Waals surface area (Å²) in [6, 6.07) is 6.99. The Morgan fingerprint density at radius 3 is 2.42 bits per heavy atom. The van der Waals surface area contributed by atoms with Gasteiger partial charge in [0.05, 0.1) is 5.69 Å². The van der Waals surface area contributed by atoms with Crippen LogP contribution in [0, 0.1) is 5.95 Å². The van der Waals surface area contributed by atoms with E-state index in [1.54, 1.807) is 0 Å². The summed E-state index contributed by atoms with van der Waals surface area (Å²) in [7, 11) is 0. The van der Waals surface area contributed by atoms with E-state index in [0.717, 1.165) is 11.0 Å². The normalized spacial score (nSPS) is 15.1. The van der Waals surface area contributed by atoms with E-state index in [1.165, 1.54) is 41.4 Å². The SMILES string of the molecule is O=C1CN(Cc2ccnc(F)c2)C(=O)N1c1ccc(SC(F)(F)F)cc1. The van der Waals surface area contributed by atoms with Crippen molar-refractivity contribution in [3.8, 4) is 0 Å². The zero-order valence-corrected chi connectivity index (χ0v) is 13.9. The van der Waals surface area contributed by atoms with Gasteiger partial charge >= 0.3 is 11.5 Å². The van der Waals surface area contributed by atoms with Gasteiger partial charge in [-0.3, -0.25) is 4.79 Å². The maximum Gasteiger partial charge on any atom is 0.446 e. The maximum absolute atomic E-state index is 13.1. The van der Waals surface area contributed by atoms with Gasteiger partial charge in [0.1, 0.15) is 6.54 Å². The van der Waals surface area contributed by atoms with E-state index >= 15 is 0 Å². The highest BCUT2D eigenvalue weighted by Gasteiger charge is 2.37. The van der Waals surface area contributed by atoms with Crippen LogP contribution in [-0.4, -0.2) is 33.9 Å². The number of imide groups is 1. The van der Waals surface area contributed by atoms with Crippen LogP contribution in [0.1, 0.15) is 5.56 Å². The zero-order chi connectivity index (χ0) is 18.9. The van der Waals surface area contributed by atoms with Crippen molar-refractivity contribution in [3.63, 3.8) is 0 Å². The predicted octanol–water partition coefficient (Wildman–Crippen LogP) is 3.80. The van der Waals surface area contributed by atoms with Gasteiger partial charge in [0.2, 0.25) is 5.95 Å². The average Bonchev–Trinajstić information content (AvgIpc) is 2.81. The van der Waals surface area contributed by atoms with Crippen LogP contribution in [0.25, 0.3) is 0 Å². The van der Waals surface area contributed by atoms with E-state index in [-0.39, 0.29) is 35.4 Å². The number of pyridine rings is 1. The van der Waals surface area contributed by atoms with Gasteiger partial charge in [-0.25, -0.2) is 14.7 Å². The molecule has 136 valence electrons. The number of hydrogen-bond donors (Lipinski definition) is 0. The van der Waals surface area contributed by atoms with Crippen LogP contribution in [0.15, 0.2) is 47.5 Å². The fraction of sp³-hybridized carbons (Fsp3) is 0.188. The minimum Gasteiger partial charge on any atom is -0.310 e. The molecule has 1 saturated heterocycles. The Bertz CT molecular complexity index is 842. The van der Waals surface area contributed by atoms with Crippen molar-refractivity contribution in [2.45, 2.75) is 16.9 Å². The van der Waals surface area contributed by atoms with Crippen molar-refractivity contribution in [1.82, 2.24) is 9.88 Å². The number of nitrogens with zero attached hydrogens (tertiary/aromatic N) is 3. The molecule has 0 spiro atoms. The molecule has 0 N–H and O–H groups in total. The number of anilines is 1. The van der Waals surface area contributed by atoms with Gasteiger partial charge in [-0.05, 0) is 53.7 Å². The van der Waals surface area contributed by atoms with E-state index in [4.69, 9.17) is 0 Å². The number of benzene rings is 1. The highest BCUT2D eigenvalue weighted by Crippen LogP contribution is 2.37. The number of thioether (sulfide) groups is 1. The number of urea groups is 1. The number of alkyl halides is 3. The number of carbonyl (C=O) groups is 2. The van der Waals surface area contributed by atoms with Gasteiger partial charge in [0.25, 0.3) is 5.91 Å². The molecule has 1 aliphatic heterocycles. The molecule has 0 aliphatic carbocycles. The van der Waals surface area contributed by atoms with E-state index in [2.05, 4.69) is 4.98 Å². The number of rotatable bonds is 4. The van der Waals surface area contributed by atoms with Gasteiger partial charge in [-0.1, -0.05) is 0 Å². The summed E-state index contributed by atoms with van der Waals surface area (Å²) in [6.07, 6.45) is 1.25. The maximum atomic E-state index is 13.1. The minimum atomic E-state index is -4.42. The molecular weight excluding hydrogens is 374 g/mol. The highest BCUT2D eigenvalue weighted by molar-refractivity contribution is 8.00. The number of amides is 3. The number of hydrogen-bond acceptors (Lipinski definition) is 4. The molecular formula is C16H11F4N3O2S. The molecule has 0 bridgehead atoms. The Kier molecular flexibility index (Phi) is 4.86. The summed E-state index contributed by atoms with van der Waals surface area (Å²) in [4.78, 5) is 30.1. The first-order valence-corrected chi connectivity index (χ1v) is 8.13. The van der Waals surface area contributed by atoms with Crippen molar-refractivity contribution in [1.29, 1.82) is 0 Å². The van der Waals surface area contributed by atoms with Crippen LogP contribution < -0.4 is 4.90 Å². The topological polar surface area (TPSA) is 53.5 Å². The Morgan fingerprint density at radius 2 is 1.81 bits per heavy atom. The van der Waals surface area contributed by atoms with Crippen molar-refractivity contribution >= 4 is 29.4 Å². The molecule has 0 unspecified atom stereocenters. The quantitative estimate of drug-likeness (QED) is 0.348. The van der Waals surface area contributed by atoms with Gasteiger partial charge in [0.15, 0.2) is 0 Å². The molecule has 1 aliphatic rings. The molecule has 0 radical (unpaired) electrons. The number of aromatic nitrogens is 1. The smallest absolute Gasteiger partial charge is 0.310 e. The van der Waals surface area contributed by atoms with Gasteiger partial charge in [-0.2, -0.15) is 17.6 Å². The summed E-state index contributed by atoms with van der Waals surface area (Å²) < 4.78 is 50.2.